The van der Waals surface area contributed by atoms with Crippen molar-refractivity contribution in [2.24, 2.45) is 0 Å². The second-order valence-electron chi connectivity index (χ2n) is 5.28. The van der Waals surface area contributed by atoms with Crippen LogP contribution in [-0.2, 0) is 17.7 Å². The van der Waals surface area contributed by atoms with E-state index in [2.05, 4.69) is 52.5 Å². The average Bonchev–Trinajstić information content (AvgIpc) is 2.86. The molecule has 1 saturated heterocycles. The van der Waals surface area contributed by atoms with Gasteiger partial charge in [-0.15, -0.1) is 11.3 Å². The van der Waals surface area contributed by atoms with Crippen LogP contribution in [0, 0.1) is 6.92 Å². The van der Waals surface area contributed by atoms with Gasteiger partial charge in [-0.2, -0.15) is 0 Å². The van der Waals surface area contributed by atoms with Gasteiger partial charge in [-0.25, -0.2) is 4.98 Å². The first-order valence-corrected chi connectivity index (χ1v) is 7.96. The number of morpholine rings is 1. The van der Waals surface area contributed by atoms with Gasteiger partial charge in [-0.1, -0.05) is 30.3 Å². The summed E-state index contributed by atoms with van der Waals surface area (Å²) in [5.74, 6) is 0. The molecular formula is C16H20N2OS. The molecule has 20 heavy (non-hydrogen) atoms. The maximum atomic E-state index is 5.90. The molecule has 2 aromatic rings. The highest BCUT2D eigenvalue weighted by Crippen LogP contribution is 2.15. The number of aromatic nitrogens is 1. The highest BCUT2D eigenvalue weighted by molar-refractivity contribution is 7.09. The molecule has 1 atom stereocenters. The lowest BCUT2D eigenvalue weighted by molar-refractivity contribution is -0.0308. The van der Waals surface area contributed by atoms with Gasteiger partial charge >= 0.3 is 0 Å². The Morgan fingerprint density at radius 2 is 2.20 bits per heavy atom. The van der Waals surface area contributed by atoms with Crippen molar-refractivity contribution in [2.75, 3.05) is 19.7 Å². The van der Waals surface area contributed by atoms with E-state index in [0.29, 0.717) is 6.10 Å². The maximum absolute atomic E-state index is 5.90. The highest BCUT2D eigenvalue weighted by Gasteiger charge is 2.21. The van der Waals surface area contributed by atoms with Gasteiger partial charge in [0.15, 0.2) is 0 Å². The number of nitrogens with zero attached hydrogens (tertiary/aromatic N) is 2. The Balaban J connectivity index is 1.56. The molecule has 3 rings (SSSR count). The number of hydrogen-bond acceptors (Lipinski definition) is 4. The van der Waals surface area contributed by atoms with E-state index in [9.17, 15) is 0 Å². The predicted molar refractivity (Wildman–Crippen MR) is 82.0 cm³/mol. The molecule has 1 aliphatic rings. The summed E-state index contributed by atoms with van der Waals surface area (Å²) >= 11 is 1.73. The Kier molecular flexibility index (Phi) is 4.45. The summed E-state index contributed by atoms with van der Waals surface area (Å²) < 4.78 is 5.90. The summed E-state index contributed by atoms with van der Waals surface area (Å²) in [4.78, 5) is 7.00. The Bertz CT molecular complexity index is 540. The molecule has 0 saturated carbocycles. The van der Waals surface area contributed by atoms with Crippen LogP contribution in [0.5, 0.6) is 0 Å². The lowest BCUT2D eigenvalue weighted by Crippen LogP contribution is -2.42. The Hall–Kier alpha value is -1.23. The molecule has 1 fully saturated rings. The molecule has 106 valence electrons. The van der Waals surface area contributed by atoms with Crippen LogP contribution in [0.3, 0.4) is 0 Å². The van der Waals surface area contributed by atoms with E-state index in [1.807, 2.05) is 0 Å². The normalized spacial score (nSPS) is 20.1. The molecule has 4 heteroatoms. The zero-order valence-electron chi connectivity index (χ0n) is 11.8. The van der Waals surface area contributed by atoms with Gasteiger partial charge in [-0.3, -0.25) is 4.90 Å². The molecular weight excluding hydrogens is 268 g/mol. The fraction of sp³-hybridized carbons (Fsp3) is 0.438. The minimum absolute atomic E-state index is 0.297. The summed E-state index contributed by atoms with van der Waals surface area (Å²) in [6, 6.07) is 10.6. The first-order chi connectivity index (χ1) is 9.79. The average molecular weight is 288 g/mol. The smallest absolute Gasteiger partial charge is 0.0897 e. The zero-order chi connectivity index (χ0) is 13.8. The summed E-state index contributed by atoms with van der Waals surface area (Å²) in [6.07, 6.45) is 1.29. The summed E-state index contributed by atoms with van der Waals surface area (Å²) in [5, 5.41) is 3.31. The number of hydrogen-bond donors (Lipinski definition) is 0. The van der Waals surface area contributed by atoms with Crippen molar-refractivity contribution in [3.8, 4) is 0 Å². The zero-order valence-corrected chi connectivity index (χ0v) is 12.6. The van der Waals surface area contributed by atoms with Crippen LogP contribution < -0.4 is 0 Å². The molecule has 0 aliphatic carbocycles. The standard InChI is InChI=1S/C16H20N2OS/c1-13-17-15(12-20-13)10-18-7-8-19-16(11-18)9-14-5-3-2-4-6-14/h2-6,12,16H,7-11H2,1H3. The number of aryl methyl sites for hydroxylation is 1. The van der Waals surface area contributed by atoms with Crippen molar-refractivity contribution < 1.29 is 4.74 Å². The van der Waals surface area contributed by atoms with Gasteiger partial charge < -0.3 is 4.74 Å². The third kappa shape index (κ3) is 3.66. The van der Waals surface area contributed by atoms with Gasteiger partial charge in [0.2, 0.25) is 0 Å². The van der Waals surface area contributed by atoms with Crippen molar-refractivity contribution in [2.45, 2.75) is 26.0 Å². The van der Waals surface area contributed by atoms with E-state index in [1.54, 1.807) is 11.3 Å². The first kappa shape index (κ1) is 13.7. The van der Waals surface area contributed by atoms with Crippen LogP contribution in [-0.4, -0.2) is 35.7 Å². The van der Waals surface area contributed by atoms with Gasteiger partial charge in [0.25, 0.3) is 0 Å². The Morgan fingerprint density at radius 1 is 1.35 bits per heavy atom. The van der Waals surface area contributed by atoms with E-state index in [-0.39, 0.29) is 0 Å². The number of benzene rings is 1. The molecule has 1 aliphatic heterocycles. The molecule has 0 bridgehead atoms. The van der Waals surface area contributed by atoms with E-state index in [4.69, 9.17) is 4.74 Å². The molecule has 0 radical (unpaired) electrons. The molecule has 2 heterocycles. The van der Waals surface area contributed by atoms with Gasteiger partial charge in [0.05, 0.1) is 23.4 Å². The fourth-order valence-electron chi connectivity index (χ4n) is 2.63. The second-order valence-corrected chi connectivity index (χ2v) is 6.34. The largest absolute Gasteiger partial charge is 0.375 e. The topological polar surface area (TPSA) is 25.4 Å². The lowest BCUT2D eigenvalue weighted by Gasteiger charge is -2.32. The molecule has 3 nitrogen and oxygen atoms in total. The number of thiazole rings is 1. The van der Waals surface area contributed by atoms with Crippen LogP contribution in [0.15, 0.2) is 35.7 Å². The summed E-state index contributed by atoms with van der Waals surface area (Å²) in [5.41, 5.74) is 2.54. The third-order valence-electron chi connectivity index (χ3n) is 3.58. The predicted octanol–water partition coefficient (Wildman–Crippen LogP) is 2.90. The van der Waals surface area contributed by atoms with Crippen molar-refractivity contribution in [3.63, 3.8) is 0 Å². The van der Waals surface area contributed by atoms with Gasteiger partial charge in [0, 0.05) is 25.0 Å². The van der Waals surface area contributed by atoms with Gasteiger partial charge in [0.1, 0.15) is 0 Å². The maximum Gasteiger partial charge on any atom is 0.0897 e. The van der Waals surface area contributed by atoms with Gasteiger partial charge in [-0.05, 0) is 18.9 Å². The summed E-state index contributed by atoms with van der Waals surface area (Å²) in [6.45, 7) is 5.82. The van der Waals surface area contributed by atoms with E-state index >= 15 is 0 Å². The Morgan fingerprint density at radius 3 is 2.95 bits per heavy atom. The lowest BCUT2D eigenvalue weighted by atomic mass is 10.1. The minimum atomic E-state index is 0.297. The molecule has 1 aromatic carbocycles. The monoisotopic (exact) mass is 288 g/mol. The van der Waals surface area contributed by atoms with Crippen LogP contribution in [0.1, 0.15) is 16.3 Å². The molecule has 1 aromatic heterocycles. The van der Waals surface area contributed by atoms with E-state index in [0.717, 1.165) is 37.7 Å². The van der Waals surface area contributed by atoms with Crippen molar-refractivity contribution in [1.29, 1.82) is 0 Å². The van der Waals surface area contributed by atoms with Crippen molar-refractivity contribution >= 4 is 11.3 Å². The van der Waals surface area contributed by atoms with Crippen molar-refractivity contribution in [1.82, 2.24) is 9.88 Å². The van der Waals surface area contributed by atoms with Crippen LogP contribution in [0.2, 0.25) is 0 Å². The first-order valence-electron chi connectivity index (χ1n) is 7.08. The quantitative estimate of drug-likeness (QED) is 0.865. The van der Waals surface area contributed by atoms with E-state index < -0.39 is 0 Å². The third-order valence-corrected chi connectivity index (χ3v) is 4.40. The van der Waals surface area contributed by atoms with Crippen molar-refractivity contribution in [3.05, 3.63) is 52.0 Å². The minimum Gasteiger partial charge on any atom is -0.375 e. The van der Waals surface area contributed by atoms with Crippen LogP contribution >= 0.6 is 11.3 Å². The summed E-state index contributed by atoms with van der Waals surface area (Å²) in [7, 11) is 0. The number of ether oxygens (including phenoxy) is 1. The highest BCUT2D eigenvalue weighted by atomic mass is 32.1. The van der Waals surface area contributed by atoms with E-state index in [1.165, 1.54) is 11.3 Å². The SMILES string of the molecule is Cc1nc(CN2CCOC(Cc3ccccc3)C2)cs1. The molecule has 0 N–H and O–H groups in total. The van der Waals surface area contributed by atoms with Crippen LogP contribution in [0.4, 0.5) is 0 Å². The molecule has 0 amide bonds. The molecule has 0 spiro atoms. The Labute approximate surface area is 124 Å². The fourth-order valence-corrected chi connectivity index (χ4v) is 3.24. The number of rotatable bonds is 4. The van der Waals surface area contributed by atoms with Crippen LogP contribution in [0.25, 0.3) is 0 Å². The molecule has 1 unspecified atom stereocenters. The second kappa shape index (κ2) is 6.48.